The lowest BCUT2D eigenvalue weighted by Gasteiger charge is -2.22. The van der Waals surface area contributed by atoms with Gasteiger partial charge in [-0.2, -0.15) is 0 Å². The zero-order valence-corrected chi connectivity index (χ0v) is 56.5. The van der Waals surface area contributed by atoms with Gasteiger partial charge < -0.3 is 4.90 Å². The van der Waals surface area contributed by atoms with Crippen molar-refractivity contribution in [3.63, 3.8) is 0 Å². The summed E-state index contributed by atoms with van der Waals surface area (Å²) in [5, 5.41) is 0. The van der Waals surface area contributed by atoms with E-state index < -0.39 is 0 Å². The molecule has 79 heavy (non-hydrogen) atoms. The Bertz CT molecular complexity index is 865. The van der Waals surface area contributed by atoms with Crippen LogP contribution in [0.25, 0.3) is 0 Å². The van der Waals surface area contributed by atoms with Crippen molar-refractivity contribution in [3.05, 3.63) is 0 Å². The number of nitrogens with zero attached hydrogens (tertiary/aromatic N) is 1. The van der Waals surface area contributed by atoms with Crippen LogP contribution < -0.4 is 0 Å². The van der Waals surface area contributed by atoms with Gasteiger partial charge in [0.2, 0.25) is 0 Å². The second-order valence-corrected chi connectivity index (χ2v) is 27.2. The number of unbranched alkanes of at least 4 members (excludes halogenated alkanes) is 69. The molecule has 0 aliphatic carbocycles. The Morgan fingerprint density at radius 1 is 0.101 bits per heavy atom. The van der Waals surface area contributed by atoms with Gasteiger partial charge in [-0.15, -0.1) is 0 Å². The molecule has 0 amide bonds. The minimum absolute atomic E-state index is 1.37. The van der Waals surface area contributed by atoms with Crippen molar-refractivity contribution in [3.8, 4) is 0 Å². The number of hydrogen-bond acceptors (Lipinski definition) is 1. The van der Waals surface area contributed by atoms with Crippen LogP contribution in [-0.4, -0.2) is 24.5 Å². The summed E-state index contributed by atoms with van der Waals surface area (Å²) in [5.41, 5.74) is 0. The van der Waals surface area contributed by atoms with Gasteiger partial charge in [-0.3, -0.25) is 0 Å². The zero-order valence-electron chi connectivity index (χ0n) is 56.5. The van der Waals surface area contributed by atoms with E-state index in [1.165, 1.54) is 482 Å². The predicted molar refractivity (Wildman–Crippen MR) is 366 cm³/mol. The lowest BCUT2D eigenvalue weighted by Crippen LogP contribution is -2.27. The Kier molecular flexibility index (Phi) is 75.9. The Balaban J connectivity index is 3.99. The molecule has 0 heterocycles. The van der Waals surface area contributed by atoms with Crippen molar-refractivity contribution < 1.29 is 0 Å². The number of hydrogen-bond donors (Lipinski definition) is 0. The van der Waals surface area contributed by atoms with E-state index in [4.69, 9.17) is 0 Å². The first-order valence-corrected chi connectivity index (χ1v) is 39.1. The first-order valence-electron chi connectivity index (χ1n) is 39.1. The highest BCUT2D eigenvalue weighted by molar-refractivity contribution is 4.62. The highest BCUT2D eigenvalue weighted by Gasteiger charge is 2.06. The summed E-state index contributed by atoms with van der Waals surface area (Å²) in [7, 11) is 0. The topological polar surface area (TPSA) is 3.24 Å². The van der Waals surface area contributed by atoms with Crippen molar-refractivity contribution in [1.29, 1.82) is 0 Å². The van der Waals surface area contributed by atoms with Crippen LogP contribution in [0.2, 0.25) is 0 Å². The summed E-state index contributed by atoms with van der Waals surface area (Å²) in [6, 6.07) is 0. The largest absolute Gasteiger partial charge is 0.303 e. The Morgan fingerprint density at radius 3 is 0.266 bits per heavy atom. The van der Waals surface area contributed by atoms with Crippen molar-refractivity contribution in [2.45, 2.75) is 483 Å². The van der Waals surface area contributed by atoms with Crippen LogP contribution in [0.1, 0.15) is 483 Å². The van der Waals surface area contributed by atoms with Crippen LogP contribution in [0.5, 0.6) is 0 Å². The van der Waals surface area contributed by atoms with E-state index in [2.05, 4.69) is 25.7 Å². The summed E-state index contributed by atoms with van der Waals surface area (Å²) < 4.78 is 0. The molecule has 0 radical (unpaired) electrons. The molecule has 0 atom stereocenters. The molecule has 0 N–H and O–H groups in total. The quantitative estimate of drug-likeness (QED) is 0.0549. The van der Waals surface area contributed by atoms with E-state index in [-0.39, 0.29) is 0 Å². The molecule has 1 heteroatoms. The Labute approximate surface area is 505 Å². The van der Waals surface area contributed by atoms with E-state index in [0.717, 1.165) is 0 Å². The summed E-state index contributed by atoms with van der Waals surface area (Å²) in [6.07, 6.45) is 107. The third kappa shape index (κ3) is 74.0. The van der Waals surface area contributed by atoms with E-state index in [1.807, 2.05) is 0 Å². The van der Waals surface area contributed by atoms with Gasteiger partial charge in [0.25, 0.3) is 0 Å². The normalized spacial score (nSPS) is 11.8. The second-order valence-electron chi connectivity index (χ2n) is 27.2. The third-order valence-corrected chi connectivity index (χ3v) is 19.0. The molecule has 0 aromatic rings. The molecule has 0 unspecified atom stereocenters. The van der Waals surface area contributed by atoms with E-state index in [9.17, 15) is 0 Å². The van der Waals surface area contributed by atoms with Crippen LogP contribution >= 0.6 is 0 Å². The molecule has 0 saturated heterocycles. The van der Waals surface area contributed by atoms with Gasteiger partial charge >= 0.3 is 0 Å². The standard InChI is InChI=1S/C78H159N/c1-4-7-10-13-16-19-22-25-28-31-34-37-40-43-46-49-52-55-58-61-64-67-70-73-76-79(77-74-71-68-65-62-59-56-53-50-47-44-41-38-35-32-29-26-23-20-17-14-11-8-5-2)78-75-72-69-66-63-60-57-54-51-48-45-42-39-36-33-30-27-24-21-18-15-12-9-6-3/h4-78H2,1-3H3. The second kappa shape index (κ2) is 76.0. The fraction of sp³-hybridized carbons (Fsp3) is 1.00. The Morgan fingerprint density at radius 2 is 0.177 bits per heavy atom. The molecular formula is C78H159N. The van der Waals surface area contributed by atoms with Crippen LogP contribution in [0.15, 0.2) is 0 Å². The molecule has 0 rings (SSSR count). The van der Waals surface area contributed by atoms with Gasteiger partial charge in [-0.05, 0) is 38.9 Å². The lowest BCUT2D eigenvalue weighted by atomic mass is 10.0. The molecule has 476 valence electrons. The van der Waals surface area contributed by atoms with Gasteiger partial charge in [0.05, 0.1) is 0 Å². The maximum Gasteiger partial charge on any atom is -0.00187 e. The van der Waals surface area contributed by atoms with Crippen molar-refractivity contribution in [1.82, 2.24) is 4.90 Å². The summed E-state index contributed by atoms with van der Waals surface area (Å²) in [4.78, 5) is 2.91. The molecule has 0 bridgehead atoms. The van der Waals surface area contributed by atoms with Gasteiger partial charge in [0.15, 0.2) is 0 Å². The average molecular weight is 1110 g/mol. The fourth-order valence-corrected chi connectivity index (χ4v) is 13.2. The van der Waals surface area contributed by atoms with E-state index in [1.54, 1.807) is 0 Å². The monoisotopic (exact) mass is 1110 g/mol. The van der Waals surface area contributed by atoms with Crippen LogP contribution in [0.3, 0.4) is 0 Å². The minimum atomic E-state index is 1.37. The van der Waals surface area contributed by atoms with Crippen LogP contribution in [-0.2, 0) is 0 Å². The van der Waals surface area contributed by atoms with Gasteiger partial charge in [0.1, 0.15) is 0 Å². The van der Waals surface area contributed by atoms with Gasteiger partial charge in [0, 0.05) is 0 Å². The van der Waals surface area contributed by atoms with Crippen molar-refractivity contribution in [2.75, 3.05) is 19.6 Å². The minimum Gasteiger partial charge on any atom is -0.303 e. The van der Waals surface area contributed by atoms with Crippen molar-refractivity contribution in [2.24, 2.45) is 0 Å². The molecule has 0 aliphatic rings. The SMILES string of the molecule is CCCCCCCCCCCCCCCCCCCCCCCCCCN(CCCCCCCCCCCCCCCCCCCCCCCCCC)CCCCCCCCCCCCCCCCCCCCCCCCCC. The molecule has 0 aromatic heterocycles. The highest BCUT2D eigenvalue weighted by atomic mass is 15.1. The molecule has 0 fully saturated rings. The smallest absolute Gasteiger partial charge is 0.00187 e. The summed E-state index contributed by atoms with van der Waals surface area (Å²) in [5.74, 6) is 0. The Hall–Kier alpha value is -0.0400. The molecule has 0 aromatic carbocycles. The third-order valence-electron chi connectivity index (χ3n) is 19.0. The lowest BCUT2D eigenvalue weighted by molar-refractivity contribution is 0.254. The molecule has 0 spiro atoms. The maximum absolute atomic E-state index is 2.91. The first kappa shape index (κ1) is 79.0. The fourth-order valence-electron chi connectivity index (χ4n) is 13.2. The zero-order chi connectivity index (χ0) is 56.6. The summed E-state index contributed by atoms with van der Waals surface area (Å²) >= 11 is 0. The predicted octanol–water partition coefficient (Wildman–Crippen LogP) is 29.4. The van der Waals surface area contributed by atoms with E-state index >= 15 is 0 Å². The van der Waals surface area contributed by atoms with E-state index in [0.29, 0.717) is 0 Å². The molecular weight excluding hydrogens is 951 g/mol. The average Bonchev–Trinajstić information content (AvgIpc) is 3.46. The molecule has 0 aliphatic heterocycles. The maximum atomic E-state index is 2.91. The summed E-state index contributed by atoms with van der Waals surface area (Å²) in [6.45, 7) is 11.1. The number of rotatable bonds is 75. The van der Waals surface area contributed by atoms with Crippen LogP contribution in [0, 0.1) is 0 Å². The molecule has 1 nitrogen and oxygen atoms in total. The van der Waals surface area contributed by atoms with Gasteiger partial charge in [-0.1, -0.05) is 464 Å². The highest BCUT2D eigenvalue weighted by Crippen LogP contribution is 2.21. The van der Waals surface area contributed by atoms with Gasteiger partial charge in [-0.25, -0.2) is 0 Å². The first-order chi connectivity index (χ1) is 39.3. The van der Waals surface area contributed by atoms with Crippen LogP contribution in [0.4, 0.5) is 0 Å². The molecule has 0 saturated carbocycles. The van der Waals surface area contributed by atoms with Crippen molar-refractivity contribution >= 4 is 0 Å².